The predicted octanol–water partition coefficient (Wildman–Crippen LogP) is -2.21. The molecule has 0 spiro atoms. The average Bonchev–Trinajstić information content (AvgIpc) is 2.34. The Hall–Kier alpha value is -1.94. The average molecular weight is 263 g/mol. The van der Waals surface area contributed by atoms with Crippen LogP contribution >= 0.6 is 0 Å². The molecule has 0 unspecified atom stereocenters. The molecule has 2 rings (SSSR count). The first-order valence-corrected chi connectivity index (χ1v) is 5.40. The molecule has 0 bridgehead atoms. The molecule has 0 aliphatic carbocycles. The molecule has 0 aromatic carbocycles. The molecule has 0 aliphatic heterocycles. The second-order valence-corrected chi connectivity index (χ2v) is 3.81. The van der Waals surface area contributed by atoms with E-state index in [0.717, 1.165) is 11.1 Å². The lowest BCUT2D eigenvalue weighted by Crippen LogP contribution is -3.00. The second-order valence-electron chi connectivity index (χ2n) is 3.81. The van der Waals surface area contributed by atoms with Crippen LogP contribution in [0.3, 0.4) is 0 Å². The summed E-state index contributed by atoms with van der Waals surface area (Å²) < 4.78 is 3.90. The lowest BCUT2D eigenvalue weighted by molar-refractivity contribution is -0.671. The number of hydrogen-bond acceptors (Lipinski definition) is 2. The third kappa shape index (κ3) is 3.82. The van der Waals surface area contributed by atoms with Gasteiger partial charge in [0, 0.05) is 30.9 Å². The molecule has 4 nitrogen and oxygen atoms in total. The zero-order valence-corrected chi connectivity index (χ0v) is 11.1. The standard InChI is InChI=1S/C13H15N4.ClH/c1-16-9-6-12(7-10-16)11-14-15-13-5-3-4-8-17(13)2;/h3-11H,1-2H3;1H/q+1;/p-1. The summed E-state index contributed by atoms with van der Waals surface area (Å²) in [7, 11) is 3.92. The van der Waals surface area contributed by atoms with Crippen molar-refractivity contribution in [2.45, 2.75) is 0 Å². The number of hydrogen-bond donors (Lipinski definition) is 0. The van der Waals surface area contributed by atoms with Gasteiger partial charge in [-0.05, 0) is 12.1 Å². The first kappa shape index (κ1) is 14.1. The van der Waals surface area contributed by atoms with Gasteiger partial charge in [-0.2, -0.15) is 5.10 Å². The Bertz CT molecular complexity index is 584. The van der Waals surface area contributed by atoms with Gasteiger partial charge < -0.3 is 17.0 Å². The molecule has 0 radical (unpaired) electrons. The third-order valence-corrected chi connectivity index (χ3v) is 2.40. The quantitative estimate of drug-likeness (QED) is 0.334. The maximum absolute atomic E-state index is 4.15. The Balaban J connectivity index is 0.00000162. The van der Waals surface area contributed by atoms with Crippen LogP contribution in [0.5, 0.6) is 0 Å². The Morgan fingerprint density at radius 2 is 1.89 bits per heavy atom. The predicted molar refractivity (Wildman–Crippen MR) is 66.2 cm³/mol. The molecule has 5 heteroatoms. The van der Waals surface area contributed by atoms with Crippen LogP contribution in [-0.4, -0.2) is 10.8 Å². The van der Waals surface area contributed by atoms with Crippen molar-refractivity contribution in [2.24, 2.45) is 24.3 Å². The van der Waals surface area contributed by atoms with Gasteiger partial charge in [-0.1, -0.05) is 6.07 Å². The molecule has 18 heavy (non-hydrogen) atoms. The highest BCUT2D eigenvalue weighted by Crippen LogP contribution is 1.89. The van der Waals surface area contributed by atoms with Gasteiger partial charge in [-0.3, -0.25) is 0 Å². The molecule has 2 aromatic heterocycles. The molecule has 2 heterocycles. The highest BCUT2D eigenvalue weighted by Gasteiger charge is 1.91. The molecule has 94 valence electrons. The van der Waals surface area contributed by atoms with Crippen molar-refractivity contribution in [2.75, 3.05) is 0 Å². The Labute approximate surface area is 112 Å². The van der Waals surface area contributed by atoms with Crippen molar-refractivity contribution >= 4 is 6.21 Å². The van der Waals surface area contributed by atoms with Crippen LogP contribution < -0.4 is 22.5 Å². The smallest absolute Gasteiger partial charge is 0.169 e. The van der Waals surface area contributed by atoms with Crippen LogP contribution in [0, 0.1) is 0 Å². The maximum atomic E-state index is 4.15. The second kappa shape index (κ2) is 6.71. The van der Waals surface area contributed by atoms with E-state index in [2.05, 4.69) is 10.2 Å². The molecule has 0 N–H and O–H groups in total. The minimum absolute atomic E-state index is 0. The van der Waals surface area contributed by atoms with Crippen LogP contribution in [0.1, 0.15) is 5.56 Å². The minimum Gasteiger partial charge on any atom is -1.00 e. The normalized spacial score (nSPS) is 11.6. The number of halogens is 1. The molecule has 0 aliphatic rings. The van der Waals surface area contributed by atoms with E-state index in [0.29, 0.717) is 0 Å². The van der Waals surface area contributed by atoms with Crippen LogP contribution in [0.2, 0.25) is 0 Å². The summed E-state index contributed by atoms with van der Waals surface area (Å²) in [6.07, 6.45) is 7.64. The van der Waals surface area contributed by atoms with Crippen molar-refractivity contribution in [3.05, 3.63) is 60.0 Å². The highest BCUT2D eigenvalue weighted by molar-refractivity contribution is 5.78. The van der Waals surface area contributed by atoms with E-state index >= 15 is 0 Å². The highest BCUT2D eigenvalue weighted by atomic mass is 35.5. The van der Waals surface area contributed by atoms with Crippen LogP contribution in [0.25, 0.3) is 0 Å². The molecule has 0 atom stereocenters. The fourth-order valence-electron chi connectivity index (χ4n) is 1.37. The van der Waals surface area contributed by atoms with Crippen LogP contribution in [-0.2, 0) is 14.1 Å². The summed E-state index contributed by atoms with van der Waals surface area (Å²) in [5.74, 6) is 0. The van der Waals surface area contributed by atoms with Gasteiger partial charge in [0.15, 0.2) is 17.9 Å². The molecular formula is C13H15ClN4. The molecule has 0 saturated carbocycles. The lowest BCUT2D eigenvalue weighted by Gasteiger charge is -1.95. The van der Waals surface area contributed by atoms with Crippen molar-refractivity contribution in [1.29, 1.82) is 0 Å². The monoisotopic (exact) mass is 262 g/mol. The van der Waals surface area contributed by atoms with Gasteiger partial charge in [-0.25, -0.2) is 4.57 Å². The molecule has 0 fully saturated rings. The van der Waals surface area contributed by atoms with E-state index in [9.17, 15) is 0 Å². The summed E-state index contributed by atoms with van der Waals surface area (Å²) in [6, 6.07) is 9.80. The number of pyridine rings is 2. The van der Waals surface area contributed by atoms with E-state index in [1.165, 1.54) is 0 Å². The molecule has 2 aromatic rings. The van der Waals surface area contributed by atoms with E-state index in [1.807, 2.05) is 72.2 Å². The summed E-state index contributed by atoms with van der Waals surface area (Å²) in [5.41, 5.74) is 1.86. The van der Waals surface area contributed by atoms with Crippen molar-refractivity contribution in [1.82, 2.24) is 4.57 Å². The van der Waals surface area contributed by atoms with Crippen molar-refractivity contribution in [3.63, 3.8) is 0 Å². The fraction of sp³-hybridized carbons (Fsp3) is 0.154. The summed E-state index contributed by atoms with van der Waals surface area (Å²) in [5, 5.41) is 8.22. The zero-order valence-electron chi connectivity index (χ0n) is 10.4. The van der Waals surface area contributed by atoms with E-state index in [-0.39, 0.29) is 12.4 Å². The van der Waals surface area contributed by atoms with Gasteiger partial charge in [0.1, 0.15) is 7.05 Å². The first-order valence-electron chi connectivity index (χ1n) is 5.40. The fourth-order valence-corrected chi connectivity index (χ4v) is 1.37. The van der Waals surface area contributed by atoms with Crippen LogP contribution in [0.15, 0.2) is 59.1 Å². The number of aryl methyl sites for hydroxylation is 2. The van der Waals surface area contributed by atoms with E-state index in [1.54, 1.807) is 6.21 Å². The summed E-state index contributed by atoms with van der Waals surface area (Å²) >= 11 is 0. The van der Waals surface area contributed by atoms with Crippen LogP contribution in [0.4, 0.5) is 0 Å². The third-order valence-electron chi connectivity index (χ3n) is 2.40. The lowest BCUT2D eigenvalue weighted by atomic mass is 10.3. The van der Waals surface area contributed by atoms with Gasteiger partial charge >= 0.3 is 0 Å². The Morgan fingerprint density at radius 1 is 1.17 bits per heavy atom. The zero-order chi connectivity index (χ0) is 12.1. The summed E-state index contributed by atoms with van der Waals surface area (Å²) in [4.78, 5) is 0. The Morgan fingerprint density at radius 3 is 2.56 bits per heavy atom. The summed E-state index contributed by atoms with van der Waals surface area (Å²) in [6.45, 7) is 0. The molecule has 0 amide bonds. The Kier molecular flexibility index (Phi) is 5.27. The van der Waals surface area contributed by atoms with Gasteiger partial charge in [0.25, 0.3) is 0 Å². The van der Waals surface area contributed by atoms with Gasteiger partial charge in [-0.15, -0.1) is 5.10 Å². The van der Waals surface area contributed by atoms with E-state index < -0.39 is 0 Å². The van der Waals surface area contributed by atoms with Gasteiger partial charge in [0.2, 0.25) is 0 Å². The molecule has 0 saturated heterocycles. The number of rotatable bonds is 2. The maximum Gasteiger partial charge on any atom is 0.169 e. The van der Waals surface area contributed by atoms with E-state index in [4.69, 9.17) is 0 Å². The van der Waals surface area contributed by atoms with Crippen molar-refractivity contribution < 1.29 is 17.0 Å². The van der Waals surface area contributed by atoms with Crippen molar-refractivity contribution in [3.8, 4) is 0 Å². The SMILES string of the molecule is Cn1cccc/c1=N\N=C\c1cc[n+](C)cc1.[Cl-]. The topological polar surface area (TPSA) is 33.5 Å². The minimum atomic E-state index is 0. The first-order chi connectivity index (χ1) is 8.25. The largest absolute Gasteiger partial charge is 1.00 e. The van der Waals surface area contributed by atoms with Gasteiger partial charge in [0.05, 0.1) is 6.21 Å². The number of aromatic nitrogens is 2. The number of nitrogens with zero attached hydrogens (tertiary/aromatic N) is 4. The molecular weight excluding hydrogens is 248 g/mol.